The molecule has 1 aromatic carbocycles. The lowest BCUT2D eigenvalue weighted by molar-refractivity contribution is -0.117. The highest BCUT2D eigenvalue weighted by Crippen LogP contribution is 2.33. The number of halogens is 2. The van der Waals surface area contributed by atoms with Gasteiger partial charge in [-0.05, 0) is 47.0 Å². The van der Waals surface area contributed by atoms with E-state index in [0.29, 0.717) is 10.0 Å². The third kappa shape index (κ3) is 4.08. The minimum absolute atomic E-state index is 0.000355. The molecule has 2 rings (SSSR count). The molecule has 0 unspecified atom stereocenters. The van der Waals surface area contributed by atoms with Crippen LogP contribution in [0.2, 0.25) is 0 Å². The number of phenolic OH excluding ortho intramolecular Hbond substituents is 1. The van der Waals surface area contributed by atoms with Gasteiger partial charge in [0.2, 0.25) is 0 Å². The van der Waals surface area contributed by atoms with E-state index in [0.717, 1.165) is 30.2 Å². The van der Waals surface area contributed by atoms with E-state index in [4.69, 9.17) is 0 Å². The van der Waals surface area contributed by atoms with Gasteiger partial charge in [-0.2, -0.15) is 5.26 Å². The van der Waals surface area contributed by atoms with E-state index >= 15 is 0 Å². The Hall–Kier alpha value is -1.32. The second-order valence-corrected chi connectivity index (χ2v) is 6.72. The van der Waals surface area contributed by atoms with E-state index in [9.17, 15) is 15.2 Å². The summed E-state index contributed by atoms with van der Waals surface area (Å²) < 4.78 is 1.24. The maximum atomic E-state index is 12.1. The minimum atomic E-state index is -0.389. The number of aromatic hydroxyl groups is 1. The fraction of sp³-hybridized carbons (Fsp3) is 0.333. The number of benzene rings is 1. The molecule has 1 aliphatic carbocycles. The van der Waals surface area contributed by atoms with Crippen LogP contribution in [0.15, 0.2) is 26.7 Å². The quantitative estimate of drug-likeness (QED) is 0.583. The Bertz CT molecular complexity index is 629. The Kier molecular flexibility index (Phi) is 5.43. The number of nitriles is 1. The third-order valence-corrected chi connectivity index (χ3v) is 4.48. The number of rotatable bonds is 3. The van der Waals surface area contributed by atoms with Crippen LogP contribution in [0, 0.1) is 11.3 Å². The molecule has 1 aliphatic rings. The number of hydrogen-bond acceptors (Lipinski definition) is 3. The lowest BCUT2D eigenvalue weighted by atomic mass is 10.1. The van der Waals surface area contributed by atoms with Crippen molar-refractivity contribution in [2.75, 3.05) is 0 Å². The smallest absolute Gasteiger partial charge is 0.262 e. The van der Waals surface area contributed by atoms with E-state index < -0.39 is 0 Å². The van der Waals surface area contributed by atoms with Crippen LogP contribution >= 0.6 is 31.9 Å². The molecule has 1 fully saturated rings. The normalized spacial score (nSPS) is 15.8. The topological polar surface area (TPSA) is 73.1 Å². The van der Waals surface area contributed by atoms with E-state index in [1.165, 1.54) is 6.08 Å². The molecular formula is C15H14Br2N2O2. The van der Waals surface area contributed by atoms with Crippen LogP contribution in [-0.4, -0.2) is 17.1 Å². The van der Waals surface area contributed by atoms with Crippen molar-refractivity contribution in [3.8, 4) is 11.8 Å². The van der Waals surface area contributed by atoms with Crippen molar-refractivity contribution in [3.63, 3.8) is 0 Å². The number of carbonyl (C=O) groups excluding carboxylic acids is 1. The van der Waals surface area contributed by atoms with Crippen molar-refractivity contribution >= 4 is 43.8 Å². The summed E-state index contributed by atoms with van der Waals surface area (Å²) in [7, 11) is 0. The predicted molar refractivity (Wildman–Crippen MR) is 87.5 cm³/mol. The molecule has 1 amide bonds. The first kappa shape index (κ1) is 16.1. The lowest BCUT2D eigenvalue weighted by Crippen LogP contribution is -2.33. The van der Waals surface area contributed by atoms with Crippen molar-refractivity contribution in [3.05, 3.63) is 32.2 Å². The summed E-state index contributed by atoms with van der Waals surface area (Å²) in [6.07, 6.45) is 5.53. The third-order valence-electron chi connectivity index (χ3n) is 3.41. The number of carbonyl (C=O) groups is 1. The average Bonchev–Trinajstić information content (AvgIpc) is 2.93. The molecule has 4 nitrogen and oxygen atoms in total. The molecular weight excluding hydrogens is 400 g/mol. The Labute approximate surface area is 140 Å². The lowest BCUT2D eigenvalue weighted by Gasteiger charge is -2.11. The number of amides is 1. The molecule has 0 atom stereocenters. The van der Waals surface area contributed by atoms with Gasteiger partial charge in [0.25, 0.3) is 5.91 Å². The zero-order valence-corrected chi connectivity index (χ0v) is 14.4. The van der Waals surface area contributed by atoms with Gasteiger partial charge in [0, 0.05) is 16.1 Å². The second kappa shape index (κ2) is 7.10. The van der Waals surface area contributed by atoms with Crippen LogP contribution in [0.3, 0.4) is 0 Å². The fourth-order valence-electron chi connectivity index (χ4n) is 2.33. The summed E-state index contributed by atoms with van der Waals surface area (Å²) in [5.41, 5.74) is 0.400. The highest BCUT2D eigenvalue weighted by atomic mass is 79.9. The van der Waals surface area contributed by atoms with Gasteiger partial charge >= 0.3 is 0 Å². The molecule has 0 spiro atoms. The van der Waals surface area contributed by atoms with Crippen LogP contribution in [-0.2, 0) is 4.79 Å². The molecule has 0 bridgehead atoms. The molecule has 0 aliphatic heterocycles. The molecule has 6 heteroatoms. The standard InChI is InChI=1S/C15H14Br2N2O2/c16-11-6-9(14(20)13(17)7-11)5-10(8-18)15(21)19-12-3-1-2-4-12/h5-7,12,20H,1-4H2,(H,19,21)/b10-5-. The molecule has 0 radical (unpaired) electrons. The number of phenols is 1. The van der Waals surface area contributed by atoms with Crippen LogP contribution in [0.25, 0.3) is 6.08 Å². The molecule has 110 valence electrons. The highest BCUT2D eigenvalue weighted by Gasteiger charge is 2.19. The van der Waals surface area contributed by atoms with Crippen molar-refractivity contribution in [1.29, 1.82) is 5.26 Å². The maximum Gasteiger partial charge on any atom is 0.262 e. The highest BCUT2D eigenvalue weighted by molar-refractivity contribution is 9.11. The Balaban J connectivity index is 2.24. The van der Waals surface area contributed by atoms with E-state index in [1.54, 1.807) is 12.1 Å². The van der Waals surface area contributed by atoms with Gasteiger partial charge in [-0.3, -0.25) is 4.79 Å². The molecule has 2 N–H and O–H groups in total. The molecule has 1 saturated carbocycles. The van der Waals surface area contributed by atoms with Crippen LogP contribution < -0.4 is 5.32 Å². The average molecular weight is 414 g/mol. The minimum Gasteiger partial charge on any atom is -0.506 e. The predicted octanol–water partition coefficient (Wildman–Crippen LogP) is 3.88. The SMILES string of the molecule is N#C/C(=C/c1cc(Br)cc(Br)c1O)C(=O)NC1CCCC1. The number of hydrogen-bond donors (Lipinski definition) is 2. The molecule has 0 aromatic heterocycles. The summed E-state index contributed by atoms with van der Waals surface area (Å²) in [6, 6.07) is 5.39. The summed E-state index contributed by atoms with van der Waals surface area (Å²) in [4.78, 5) is 12.1. The van der Waals surface area contributed by atoms with Crippen molar-refractivity contribution in [2.24, 2.45) is 0 Å². The monoisotopic (exact) mass is 412 g/mol. The van der Waals surface area contributed by atoms with Gasteiger partial charge in [-0.25, -0.2) is 0 Å². The molecule has 0 heterocycles. The van der Waals surface area contributed by atoms with Crippen molar-refractivity contribution in [2.45, 2.75) is 31.7 Å². The van der Waals surface area contributed by atoms with Crippen molar-refractivity contribution in [1.82, 2.24) is 5.32 Å². The van der Waals surface area contributed by atoms with Crippen LogP contribution in [0.1, 0.15) is 31.2 Å². The van der Waals surface area contributed by atoms with E-state index in [1.807, 2.05) is 6.07 Å². The van der Waals surface area contributed by atoms with E-state index in [-0.39, 0.29) is 23.3 Å². The van der Waals surface area contributed by atoms with Gasteiger partial charge in [0.15, 0.2) is 0 Å². The van der Waals surface area contributed by atoms with Gasteiger partial charge in [-0.15, -0.1) is 0 Å². The first-order valence-electron chi connectivity index (χ1n) is 6.62. The van der Waals surface area contributed by atoms with Gasteiger partial charge < -0.3 is 10.4 Å². The van der Waals surface area contributed by atoms with Gasteiger partial charge in [-0.1, -0.05) is 28.8 Å². The first-order chi connectivity index (χ1) is 10.0. The molecule has 21 heavy (non-hydrogen) atoms. The zero-order valence-electron chi connectivity index (χ0n) is 11.2. The number of nitrogens with zero attached hydrogens (tertiary/aromatic N) is 1. The summed E-state index contributed by atoms with van der Waals surface area (Å²) in [6.45, 7) is 0. The summed E-state index contributed by atoms with van der Waals surface area (Å²) in [5, 5.41) is 22.0. The largest absolute Gasteiger partial charge is 0.506 e. The Morgan fingerprint density at radius 2 is 2.05 bits per heavy atom. The fourth-order valence-corrected chi connectivity index (χ4v) is 3.59. The molecule has 1 aromatic rings. The maximum absolute atomic E-state index is 12.1. The Morgan fingerprint density at radius 3 is 2.67 bits per heavy atom. The number of nitrogens with one attached hydrogen (secondary N) is 1. The molecule has 0 saturated heterocycles. The summed E-state index contributed by atoms with van der Waals surface area (Å²) >= 11 is 6.54. The first-order valence-corrected chi connectivity index (χ1v) is 8.20. The van der Waals surface area contributed by atoms with E-state index in [2.05, 4.69) is 37.2 Å². The van der Waals surface area contributed by atoms with Crippen LogP contribution in [0.5, 0.6) is 5.75 Å². The van der Waals surface area contributed by atoms with Crippen LogP contribution in [0.4, 0.5) is 0 Å². The van der Waals surface area contributed by atoms with Gasteiger partial charge in [0.1, 0.15) is 17.4 Å². The zero-order chi connectivity index (χ0) is 15.4. The summed E-state index contributed by atoms with van der Waals surface area (Å²) in [5.74, 6) is -0.389. The Morgan fingerprint density at radius 1 is 1.38 bits per heavy atom. The van der Waals surface area contributed by atoms with Gasteiger partial charge in [0.05, 0.1) is 4.47 Å². The second-order valence-electron chi connectivity index (χ2n) is 4.95. The van der Waals surface area contributed by atoms with Crippen molar-refractivity contribution < 1.29 is 9.90 Å².